The zero-order valence-electron chi connectivity index (χ0n) is 12.4. The van der Waals surface area contributed by atoms with E-state index in [0.717, 1.165) is 31.4 Å². The van der Waals surface area contributed by atoms with Crippen molar-refractivity contribution in [1.29, 1.82) is 0 Å². The Labute approximate surface area is 116 Å². The molecule has 1 aromatic heterocycles. The maximum absolute atomic E-state index is 5.45. The summed E-state index contributed by atoms with van der Waals surface area (Å²) in [4.78, 5) is 2.48. The van der Waals surface area contributed by atoms with E-state index in [1.807, 2.05) is 12.1 Å². The van der Waals surface area contributed by atoms with Gasteiger partial charge in [0.1, 0.15) is 5.76 Å². The van der Waals surface area contributed by atoms with E-state index in [-0.39, 0.29) is 5.54 Å². The highest BCUT2D eigenvalue weighted by atomic mass is 16.3. The Bertz CT molecular complexity index is 399. The summed E-state index contributed by atoms with van der Waals surface area (Å²) in [5, 5.41) is 3.50. The molecule has 0 bridgehead atoms. The summed E-state index contributed by atoms with van der Waals surface area (Å²) in [7, 11) is 0. The van der Waals surface area contributed by atoms with Gasteiger partial charge in [-0.3, -0.25) is 4.90 Å². The van der Waals surface area contributed by atoms with Crippen LogP contribution in [0.3, 0.4) is 0 Å². The van der Waals surface area contributed by atoms with E-state index in [2.05, 4.69) is 37.6 Å². The Morgan fingerprint density at radius 2 is 2.21 bits per heavy atom. The van der Waals surface area contributed by atoms with Gasteiger partial charge in [0.25, 0.3) is 0 Å². The Morgan fingerprint density at radius 1 is 1.47 bits per heavy atom. The van der Waals surface area contributed by atoms with Gasteiger partial charge in [-0.15, -0.1) is 0 Å². The molecular formula is C16H26N2O. The van der Waals surface area contributed by atoms with Gasteiger partial charge in [0.2, 0.25) is 0 Å². The summed E-state index contributed by atoms with van der Waals surface area (Å²) >= 11 is 0. The van der Waals surface area contributed by atoms with Gasteiger partial charge in [-0.05, 0) is 51.3 Å². The van der Waals surface area contributed by atoms with E-state index in [0.29, 0.717) is 0 Å². The molecule has 0 saturated heterocycles. The molecule has 1 saturated carbocycles. The van der Waals surface area contributed by atoms with E-state index < -0.39 is 0 Å². The second kappa shape index (κ2) is 5.93. The first kappa shape index (κ1) is 14.4. The monoisotopic (exact) mass is 262 g/mol. The Kier molecular flexibility index (Phi) is 4.48. The number of hydrogen-bond donors (Lipinski definition) is 1. The molecule has 1 aliphatic carbocycles. The quantitative estimate of drug-likeness (QED) is 0.765. The molecule has 19 heavy (non-hydrogen) atoms. The predicted molar refractivity (Wildman–Crippen MR) is 79.0 cm³/mol. The van der Waals surface area contributed by atoms with Crippen molar-refractivity contribution in [3.63, 3.8) is 0 Å². The number of furan rings is 1. The molecule has 106 valence electrons. The molecule has 0 radical (unpaired) electrons. The summed E-state index contributed by atoms with van der Waals surface area (Å²) in [6.07, 6.45) is 4.36. The van der Waals surface area contributed by atoms with Gasteiger partial charge in [-0.25, -0.2) is 0 Å². The Morgan fingerprint density at radius 3 is 2.74 bits per heavy atom. The number of rotatable bonds is 7. The molecule has 1 aliphatic rings. The lowest BCUT2D eigenvalue weighted by atomic mass is 10.1. The van der Waals surface area contributed by atoms with Crippen LogP contribution in [0.5, 0.6) is 0 Å². The Hall–Kier alpha value is -1.06. The average molecular weight is 262 g/mol. The summed E-state index contributed by atoms with van der Waals surface area (Å²) < 4.78 is 5.45. The summed E-state index contributed by atoms with van der Waals surface area (Å²) in [5.41, 5.74) is 1.39. The highest BCUT2D eigenvalue weighted by molar-refractivity contribution is 5.06. The molecule has 1 heterocycles. The molecule has 2 rings (SSSR count). The number of nitrogens with zero attached hydrogens (tertiary/aromatic N) is 1. The first-order valence-corrected chi connectivity index (χ1v) is 7.12. The summed E-state index contributed by atoms with van der Waals surface area (Å²) in [6, 6.07) is 4.72. The van der Waals surface area contributed by atoms with Crippen molar-refractivity contribution in [2.75, 3.05) is 13.1 Å². The van der Waals surface area contributed by atoms with E-state index in [1.54, 1.807) is 6.26 Å². The van der Waals surface area contributed by atoms with E-state index in [4.69, 9.17) is 4.42 Å². The van der Waals surface area contributed by atoms with Crippen molar-refractivity contribution in [2.24, 2.45) is 0 Å². The van der Waals surface area contributed by atoms with Gasteiger partial charge in [0, 0.05) is 24.7 Å². The lowest BCUT2D eigenvalue weighted by molar-refractivity contribution is 0.250. The van der Waals surface area contributed by atoms with Gasteiger partial charge in [0.15, 0.2) is 0 Å². The van der Waals surface area contributed by atoms with E-state index in [9.17, 15) is 0 Å². The number of nitrogens with one attached hydrogen (secondary N) is 1. The molecule has 3 nitrogen and oxygen atoms in total. The summed E-state index contributed by atoms with van der Waals surface area (Å²) in [6.45, 7) is 13.5. The predicted octanol–water partition coefficient (Wildman–Crippen LogP) is 3.19. The molecule has 1 fully saturated rings. The maximum Gasteiger partial charge on any atom is 0.117 e. The molecular weight excluding hydrogens is 236 g/mol. The molecule has 0 amide bonds. The van der Waals surface area contributed by atoms with Crippen molar-refractivity contribution >= 4 is 0 Å². The molecule has 1 aromatic rings. The van der Waals surface area contributed by atoms with Crippen LogP contribution in [-0.4, -0.2) is 29.6 Å². The molecule has 0 spiro atoms. The van der Waals surface area contributed by atoms with Crippen molar-refractivity contribution < 1.29 is 4.42 Å². The zero-order chi connectivity index (χ0) is 13.9. The number of hydrogen-bond acceptors (Lipinski definition) is 3. The SMILES string of the molecule is C=C(CNC(C)(C)C)CN(Cc1ccco1)C1CC1. The average Bonchev–Trinajstić information content (AvgIpc) is 3.04. The fourth-order valence-corrected chi connectivity index (χ4v) is 2.09. The standard InChI is InChI=1S/C16H26N2O/c1-13(10-17-16(2,3)4)11-18(14-7-8-14)12-15-6-5-9-19-15/h5-6,9,14,17H,1,7-8,10-12H2,2-4H3. The van der Waals surface area contributed by atoms with Crippen LogP contribution in [-0.2, 0) is 6.54 Å². The largest absolute Gasteiger partial charge is 0.468 e. The minimum absolute atomic E-state index is 0.147. The third kappa shape index (κ3) is 5.21. The van der Waals surface area contributed by atoms with Gasteiger partial charge in [0.05, 0.1) is 12.8 Å². The van der Waals surface area contributed by atoms with Crippen molar-refractivity contribution in [3.05, 3.63) is 36.3 Å². The molecule has 3 heteroatoms. The molecule has 1 N–H and O–H groups in total. The molecule has 0 aromatic carbocycles. The maximum atomic E-state index is 5.45. The van der Waals surface area contributed by atoms with Crippen molar-refractivity contribution in [1.82, 2.24) is 10.2 Å². The smallest absolute Gasteiger partial charge is 0.117 e. The highest BCUT2D eigenvalue weighted by Gasteiger charge is 2.29. The second-order valence-corrected chi connectivity index (χ2v) is 6.57. The van der Waals surface area contributed by atoms with Crippen LogP contribution < -0.4 is 5.32 Å². The third-order valence-corrected chi connectivity index (χ3v) is 3.30. The van der Waals surface area contributed by atoms with Crippen molar-refractivity contribution in [3.8, 4) is 0 Å². The van der Waals surface area contributed by atoms with Crippen LogP contribution in [0.1, 0.15) is 39.4 Å². The van der Waals surface area contributed by atoms with Gasteiger partial charge in [-0.2, -0.15) is 0 Å². The van der Waals surface area contributed by atoms with Gasteiger partial charge < -0.3 is 9.73 Å². The minimum atomic E-state index is 0.147. The van der Waals surface area contributed by atoms with Crippen molar-refractivity contribution in [2.45, 2.75) is 51.7 Å². The van der Waals surface area contributed by atoms with Crippen LogP contribution >= 0.6 is 0 Å². The first-order valence-electron chi connectivity index (χ1n) is 7.12. The van der Waals surface area contributed by atoms with Crippen LogP contribution in [0.15, 0.2) is 35.0 Å². The van der Waals surface area contributed by atoms with Crippen LogP contribution in [0.2, 0.25) is 0 Å². The van der Waals surface area contributed by atoms with E-state index >= 15 is 0 Å². The van der Waals surface area contributed by atoms with Gasteiger partial charge in [-0.1, -0.05) is 6.58 Å². The minimum Gasteiger partial charge on any atom is -0.468 e. The molecule has 0 aliphatic heterocycles. The van der Waals surface area contributed by atoms with Crippen LogP contribution in [0, 0.1) is 0 Å². The Balaban J connectivity index is 1.81. The third-order valence-electron chi connectivity index (χ3n) is 3.30. The summed E-state index contributed by atoms with van der Waals surface area (Å²) in [5.74, 6) is 1.04. The van der Waals surface area contributed by atoms with Crippen LogP contribution in [0.25, 0.3) is 0 Å². The zero-order valence-corrected chi connectivity index (χ0v) is 12.4. The van der Waals surface area contributed by atoms with Crippen LogP contribution in [0.4, 0.5) is 0 Å². The normalized spacial score (nSPS) is 16.0. The molecule has 0 atom stereocenters. The lowest BCUT2D eigenvalue weighted by Gasteiger charge is -2.25. The topological polar surface area (TPSA) is 28.4 Å². The van der Waals surface area contributed by atoms with E-state index in [1.165, 1.54) is 18.4 Å². The first-order chi connectivity index (χ1) is 8.94. The highest BCUT2D eigenvalue weighted by Crippen LogP contribution is 2.28. The van der Waals surface area contributed by atoms with Gasteiger partial charge >= 0.3 is 0 Å². The fraction of sp³-hybridized carbons (Fsp3) is 0.625. The fourth-order valence-electron chi connectivity index (χ4n) is 2.09. The lowest BCUT2D eigenvalue weighted by Crippen LogP contribution is -2.39. The molecule has 0 unspecified atom stereocenters. The second-order valence-electron chi connectivity index (χ2n) is 6.57.